The molecule has 0 aromatic rings. The molecule has 0 aromatic heterocycles. The minimum atomic E-state index is -0.356. The summed E-state index contributed by atoms with van der Waals surface area (Å²) in [4.78, 5) is 12.2. The van der Waals surface area contributed by atoms with Crippen molar-refractivity contribution in [3.63, 3.8) is 0 Å². The van der Waals surface area contributed by atoms with E-state index >= 15 is 0 Å². The smallest absolute Gasteiger partial charge is 0.225 e. The Morgan fingerprint density at radius 3 is 2.32 bits per heavy atom. The summed E-state index contributed by atoms with van der Waals surface area (Å²) in [7, 11) is 0. The first-order chi connectivity index (χ1) is 8.75. The van der Waals surface area contributed by atoms with E-state index in [1.54, 1.807) is 0 Å². The molecule has 0 aliphatic heterocycles. The van der Waals surface area contributed by atoms with Gasteiger partial charge in [-0.1, -0.05) is 34.6 Å². The molecule has 0 atom stereocenters. The van der Waals surface area contributed by atoms with E-state index in [9.17, 15) is 4.79 Å². The van der Waals surface area contributed by atoms with Gasteiger partial charge in [0, 0.05) is 25.1 Å². The van der Waals surface area contributed by atoms with E-state index in [1.165, 1.54) is 0 Å². The van der Waals surface area contributed by atoms with Crippen LogP contribution in [0.5, 0.6) is 0 Å². The standard InChI is InChI=1S/C15H32N2O2/c1-7-16-12-14(3,4)11-15(5,6)13(18)17-9-10-19-8-2/h16H,7-12H2,1-6H3,(H,17,18). The molecule has 0 spiro atoms. The average molecular weight is 272 g/mol. The van der Waals surface area contributed by atoms with Crippen LogP contribution in [0.1, 0.15) is 48.0 Å². The van der Waals surface area contributed by atoms with Crippen molar-refractivity contribution in [1.82, 2.24) is 10.6 Å². The maximum absolute atomic E-state index is 12.2. The highest BCUT2D eigenvalue weighted by Crippen LogP contribution is 2.33. The molecule has 2 N–H and O–H groups in total. The van der Waals surface area contributed by atoms with Crippen LogP contribution in [0.2, 0.25) is 0 Å². The van der Waals surface area contributed by atoms with Crippen molar-refractivity contribution >= 4 is 5.91 Å². The zero-order chi connectivity index (χ0) is 14.9. The third kappa shape index (κ3) is 8.22. The summed E-state index contributed by atoms with van der Waals surface area (Å²) in [6, 6.07) is 0. The maximum Gasteiger partial charge on any atom is 0.225 e. The lowest BCUT2D eigenvalue weighted by atomic mass is 9.74. The largest absolute Gasteiger partial charge is 0.380 e. The van der Waals surface area contributed by atoms with Crippen LogP contribution in [0.4, 0.5) is 0 Å². The van der Waals surface area contributed by atoms with Crippen LogP contribution >= 0.6 is 0 Å². The molecule has 0 bridgehead atoms. The van der Waals surface area contributed by atoms with Crippen LogP contribution in [0, 0.1) is 10.8 Å². The van der Waals surface area contributed by atoms with Gasteiger partial charge in [-0.3, -0.25) is 4.79 Å². The molecular formula is C15H32N2O2. The van der Waals surface area contributed by atoms with E-state index in [2.05, 4.69) is 31.4 Å². The first-order valence-electron chi connectivity index (χ1n) is 7.32. The summed E-state index contributed by atoms with van der Waals surface area (Å²) in [5, 5.41) is 6.31. The first kappa shape index (κ1) is 18.4. The highest BCUT2D eigenvalue weighted by Gasteiger charge is 2.34. The average Bonchev–Trinajstić information content (AvgIpc) is 2.30. The predicted octanol–water partition coefficient (Wildman–Crippen LogP) is 2.19. The summed E-state index contributed by atoms with van der Waals surface area (Å²) < 4.78 is 5.23. The van der Waals surface area contributed by atoms with Crippen molar-refractivity contribution < 1.29 is 9.53 Å². The molecule has 0 saturated carbocycles. The van der Waals surface area contributed by atoms with Gasteiger partial charge in [0.15, 0.2) is 0 Å². The molecule has 0 heterocycles. The molecule has 0 aliphatic carbocycles. The Morgan fingerprint density at radius 2 is 1.79 bits per heavy atom. The number of hydrogen-bond donors (Lipinski definition) is 2. The van der Waals surface area contributed by atoms with Crippen LogP contribution in [0.15, 0.2) is 0 Å². The number of amides is 1. The number of rotatable bonds is 10. The molecule has 114 valence electrons. The lowest BCUT2D eigenvalue weighted by Crippen LogP contribution is -2.43. The summed E-state index contributed by atoms with van der Waals surface area (Å²) >= 11 is 0. The zero-order valence-corrected chi connectivity index (χ0v) is 13.6. The lowest BCUT2D eigenvalue weighted by Gasteiger charge is -2.34. The van der Waals surface area contributed by atoms with Crippen LogP contribution in [0.25, 0.3) is 0 Å². The second-order valence-corrected chi connectivity index (χ2v) is 6.46. The molecule has 0 aromatic carbocycles. The Kier molecular flexibility index (Phi) is 8.26. The normalized spacial score (nSPS) is 12.5. The molecule has 0 saturated heterocycles. The number of ether oxygens (including phenoxy) is 1. The van der Waals surface area contributed by atoms with Gasteiger partial charge in [0.05, 0.1) is 6.61 Å². The van der Waals surface area contributed by atoms with Gasteiger partial charge >= 0.3 is 0 Å². The van der Waals surface area contributed by atoms with Crippen molar-refractivity contribution in [3.05, 3.63) is 0 Å². The zero-order valence-electron chi connectivity index (χ0n) is 13.6. The molecule has 0 rings (SSSR count). The lowest BCUT2D eigenvalue weighted by molar-refractivity contribution is -0.131. The highest BCUT2D eigenvalue weighted by atomic mass is 16.5. The fourth-order valence-electron chi connectivity index (χ4n) is 2.42. The molecule has 0 unspecified atom stereocenters. The van der Waals surface area contributed by atoms with Crippen LogP contribution in [-0.4, -0.2) is 38.8 Å². The third-order valence-corrected chi connectivity index (χ3v) is 3.12. The van der Waals surface area contributed by atoms with Crippen LogP contribution < -0.4 is 10.6 Å². The van der Waals surface area contributed by atoms with Crippen molar-refractivity contribution in [2.75, 3.05) is 32.8 Å². The summed E-state index contributed by atoms with van der Waals surface area (Å²) in [6.45, 7) is 16.2. The second-order valence-electron chi connectivity index (χ2n) is 6.46. The Balaban J connectivity index is 4.23. The van der Waals surface area contributed by atoms with E-state index in [0.29, 0.717) is 19.8 Å². The fraction of sp³-hybridized carbons (Fsp3) is 0.933. The van der Waals surface area contributed by atoms with E-state index < -0.39 is 0 Å². The molecule has 0 fully saturated rings. The summed E-state index contributed by atoms with van der Waals surface area (Å²) in [6.07, 6.45) is 0.855. The summed E-state index contributed by atoms with van der Waals surface area (Å²) in [5.41, 5.74) is -0.248. The maximum atomic E-state index is 12.2. The van der Waals surface area contributed by atoms with Gasteiger partial charge in [-0.25, -0.2) is 0 Å². The van der Waals surface area contributed by atoms with E-state index in [1.807, 2.05) is 20.8 Å². The predicted molar refractivity (Wildman–Crippen MR) is 80.2 cm³/mol. The first-order valence-corrected chi connectivity index (χ1v) is 7.32. The molecule has 1 amide bonds. The van der Waals surface area contributed by atoms with E-state index in [4.69, 9.17) is 4.74 Å². The minimum Gasteiger partial charge on any atom is -0.380 e. The highest BCUT2D eigenvalue weighted by molar-refractivity contribution is 5.81. The molecule has 0 radical (unpaired) electrons. The van der Waals surface area contributed by atoms with Crippen molar-refractivity contribution in [2.24, 2.45) is 10.8 Å². The Bertz CT molecular complexity index is 263. The fourth-order valence-corrected chi connectivity index (χ4v) is 2.42. The molecule has 4 heteroatoms. The number of nitrogens with one attached hydrogen (secondary N) is 2. The number of carbonyl (C=O) groups excluding carboxylic acids is 1. The van der Waals surface area contributed by atoms with Crippen LogP contribution in [-0.2, 0) is 9.53 Å². The van der Waals surface area contributed by atoms with E-state index in [0.717, 1.165) is 19.5 Å². The monoisotopic (exact) mass is 272 g/mol. The Morgan fingerprint density at radius 1 is 1.16 bits per heavy atom. The SMILES string of the molecule is CCNCC(C)(C)CC(C)(C)C(=O)NCCOCC. The second kappa shape index (κ2) is 8.54. The van der Waals surface area contributed by atoms with Crippen molar-refractivity contribution in [1.29, 1.82) is 0 Å². The van der Waals surface area contributed by atoms with Gasteiger partial charge in [-0.2, -0.15) is 0 Å². The van der Waals surface area contributed by atoms with Crippen molar-refractivity contribution in [2.45, 2.75) is 48.0 Å². The molecule has 19 heavy (non-hydrogen) atoms. The quantitative estimate of drug-likeness (QED) is 0.599. The van der Waals surface area contributed by atoms with Gasteiger partial charge in [0.25, 0.3) is 0 Å². The topological polar surface area (TPSA) is 50.4 Å². The van der Waals surface area contributed by atoms with Gasteiger partial charge < -0.3 is 15.4 Å². The Hall–Kier alpha value is -0.610. The number of carbonyl (C=O) groups is 1. The van der Waals surface area contributed by atoms with Gasteiger partial charge in [-0.05, 0) is 25.3 Å². The number of hydrogen-bond acceptors (Lipinski definition) is 3. The van der Waals surface area contributed by atoms with Gasteiger partial charge in [0.2, 0.25) is 5.91 Å². The van der Waals surface area contributed by atoms with Crippen LogP contribution in [0.3, 0.4) is 0 Å². The van der Waals surface area contributed by atoms with Gasteiger partial charge in [0.1, 0.15) is 0 Å². The van der Waals surface area contributed by atoms with Gasteiger partial charge in [-0.15, -0.1) is 0 Å². The molecule has 0 aliphatic rings. The third-order valence-electron chi connectivity index (χ3n) is 3.12. The van der Waals surface area contributed by atoms with Crippen molar-refractivity contribution in [3.8, 4) is 0 Å². The Labute approximate surface area is 118 Å². The minimum absolute atomic E-state index is 0.108. The molecule has 4 nitrogen and oxygen atoms in total. The summed E-state index contributed by atoms with van der Waals surface area (Å²) in [5.74, 6) is 0.108. The molecular weight excluding hydrogens is 240 g/mol. The van der Waals surface area contributed by atoms with E-state index in [-0.39, 0.29) is 16.7 Å².